The Morgan fingerprint density at radius 1 is 0.950 bits per heavy atom. The predicted octanol–water partition coefficient (Wildman–Crippen LogP) is 1.95. The molecule has 0 aliphatic carbocycles. The lowest BCUT2D eigenvalue weighted by Gasteiger charge is -2.01. The van der Waals surface area contributed by atoms with Crippen molar-refractivity contribution in [2.75, 3.05) is 0 Å². The molecule has 1 N–H and O–H groups in total. The summed E-state index contributed by atoms with van der Waals surface area (Å²) in [5.41, 5.74) is 3.03. The highest BCUT2D eigenvalue weighted by molar-refractivity contribution is 5.28. The van der Waals surface area contributed by atoms with Crippen molar-refractivity contribution in [2.24, 2.45) is 0 Å². The van der Waals surface area contributed by atoms with Crippen molar-refractivity contribution in [1.29, 1.82) is 0 Å². The summed E-state index contributed by atoms with van der Waals surface area (Å²) in [6.07, 6.45) is 5.41. The van der Waals surface area contributed by atoms with Gasteiger partial charge in [-0.3, -0.25) is 4.98 Å². The third kappa shape index (κ3) is 3.07. The molecule has 3 rings (SSSR count). The van der Waals surface area contributed by atoms with Gasteiger partial charge in [0.15, 0.2) is 0 Å². The Morgan fingerprint density at radius 3 is 2.65 bits per heavy atom. The molecule has 0 saturated carbocycles. The van der Waals surface area contributed by atoms with Gasteiger partial charge in [-0.1, -0.05) is 24.3 Å². The van der Waals surface area contributed by atoms with E-state index in [0.717, 1.165) is 23.5 Å². The Balaban J connectivity index is 1.58. The minimum atomic E-state index is 0.682. The van der Waals surface area contributed by atoms with Crippen LogP contribution in [0.5, 0.6) is 0 Å². The van der Waals surface area contributed by atoms with Crippen LogP contribution in [0.1, 0.15) is 11.3 Å². The van der Waals surface area contributed by atoms with Gasteiger partial charge in [0, 0.05) is 25.5 Å². The summed E-state index contributed by atoms with van der Waals surface area (Å²) < 4.78 is 0. The average Bonchev–Trinajstić information content (AvgIpc) is 2.98. The molecule has 20 heavy (non-hydrogen) atoms. The third-order valence-electron chi connectivity index (χ3n) is 2.88. The van der Waals surface area contributed by atoms with Gasteiger partial charge in [0.2, 0.25) is 0 Å². The molecule has 0 bridgehead atoms. The van der Waals surface area contributed by atoms with Gasteiger partial charge in [0.1, 0.15) is 0 Å². The van der Waals surface area contributed by atoms with Crippen LogP contribution >= 0.6 is 0 Å². The van der Waals surface area contributed by atoms with Crippen molar-refractivity contribution < 1.29 is 0 Å². The normalized spacial score (nSPS) is 10.6. The molecule has 5 nitrogen and oxygen atoms in total. The lowest BCUT2D eigenvalue weighted by Crippen LogP contribution is -2.13. The van der Waals surface area contributed by atoms with Gasteiger partial charge in [-0.25, -0.2) is 0 Å². The number of nitrogens with zero attached hydrogens (tertiary/aromatic N) is 4. The molecule has 3 aromatic rings. The molecular formula is C15H15N5. The number of hydrogen-bond donors (Lipinski definition) is 1. The second-order valence-electron chi connectivity index (χ2n) is 4.43. The third-order valence-corrected chi connectivity index (χ3v) is 2.88. The first-order chi connectivity index (χ1) is 9.92. The number of pyridine rings is 1. The summed E-state index contributed by atoms with van der Waals surface area (Å²) >= 11 is 0. The summed E-state index contributed by atoms with van der Waals surface area (Å²) in [5, 5.41) is 12.0. The summed E-state index contributed by atoms with van der Waals surface area (Å²) in [6.45, 7) is 1.45. The van der Waals surface area contributed by atoms with Crippen molar-refractivity contribution in [3.05, 3.63) is 72.3 Å². The van der Waals surface area contributed by atoms with Crippen LogP contribution in [-0.4, -0.2) is 20.0 Å². The van der Waals surface area contributed by atoms with Crippen LogP contribution in [0.25, 0.3) is 5.69 Å². The smallest absolute Gasteiger partial charge is 0.0969 e. The molecule has 0 aliphatic rings. The Labute approximate surface area is 117 Å². The average molecular weight is 265 g/mol. The first kappa shape index (κ1) is 12.5. The van der Waals surface area contributed by atoms with E-state index in [-0.39, 0.29) is 0 Å². The number of benzene rings is 1. The molecule has 2 aromatic heterocycles. The summed E-state index contributed by atoms with van der Waals surface area (Å²) in [4.78, 5) is 5.72. The van der Waals surface area contributed by atoms with E-state index in [1.165, 1.54) is 0 Å². The van der Waals surface area contributed by atoms with Crippen molar-refractivity contribution in [3.63, 3.8) is 0 Å². The van der Waals surface area contributed by atoms with Crippen molar-refractivity contribution >= 4 is 0 Å². The van der Waals surface area contributed by atoms with E-state index in [4.69, 9.17) is 0 Å². The zero-order valence-corrected chi connectivity index (χ0v) is 11.0. The Morgan fingerprint density at radius 2 is 1.85 bits per heavy atom. The predicted molar refractivity (Wildman–Crippen MR) is 76.1 cm³/mol. The van der Waals surface area contributed by atoms with Crippen LogP contribution in [-0.2, 0) is 13.1 Å². The fourth-order valence-electron chi connectivity index (χ4n) is 1.90. The van der Waals surface area contributed by atoms with E-state index in [1.807, 2.05) is 48.7 Å². The molecule has 0 radical (unpaired) electrons. The van der Waals surface area contributed by atoms with Gasteiger partial charge in [-0.05, 0) is 23.8 Å². The minimum absolute atomic E-state index is 0.682. The van der Waals surface area contributed by atoms with Crippen molar-refractivity contribution in [3.8, 4) is 5.69 Å². The highest BCUT2D eigenvalue weighted by Gasteiger charge is 2.02. The first-order valence-corrected chi connectivity index (χ1v) is 6.48. The lowest BCUT2D eigenvalue weighted by molar-refractivity contribution is 0.661. The quantitative estimate of drug-likeness (QED) is 0.766. The van der Waals surface area contributed by atoms with Crippen LogP contribution in [0.3, 0.4) is 0 Å². The van der Waals surface area contributed by atoms with E-state index in [1.54, 1.807) is 17.2 Å². The number of aromatic nitrogens is 4. The zero-order valence-electron chi connectivity index (χ0n) is 11.0. The van der Waals surface area contributed by atoms with Crippen LogP contribution < -0.4 is 5.32 Å². The molecule has 2 heterocycles. The maximum atomic E-state index is 4.44. The van der Waals surface area contributed by atoms with Gasteiger partial charge in [0.05, 0.1) is 17.6 Å². The maximum Gasteiger partial charge on any atom is 0.0969 e. The molecule has 0 atom stereocenters. The standard InChI is InChI=1S/C15H15N5/c1-2-6-15(7-3-1)20-18-12-14(19-20)11-17-10-13-5-4-8-16-9-13/h1-9,12,17H,10-11H2. The highest BCUT2D eigenvalue weighted by atomic mass is 15.5. The minimum Gasteiger partial charge on any atom is -0.307 e. The van der Waals surface area contributed by atoms with Gasteiger partial charge in [0.25, 0.3) is 0 Å². The van der Waals surface area contributed by atoms with E-state index in [9.17, 15) is 0 Å². The molecule has 5 heteroatoms. The molecule has 0 unspecified atom stereocenters. The first-order valence-electron chi connectivity index (χ1n) is 6.48. The summed E-state index contributed by atoms with van der Waals surface area (Å²) in [6, 6.07) is 13.9. The molecule has 1 aromatic carbocycles. The second kappa shape index (κ2) is 6.08. The Kier molecular flexibility index (Phi) is 3.80. The topological polar surface area (TPSA) is 55.6 Å². The number of rotatable bonds is 5. The molecule has 0 saturated heterocycles. The highest BCUT2D eigenvalue weighted by Crippen LogP contribution is 2.04. The zero-order chi connectivity index (χ0) is 13.6. The van der Waals surface area contributed by atoms with Crippen LogP contribution in [0.15, 0.2) is 61.1 Å². The van der Waals surface area contributed by atoms with E-state index in [2.05, 4.69) is 20.5 Å². The van der Waals surface area contributed by atoms with E-state index in [0.29, 0.717) is 6.54 Å². The van der Waals surface area contributed by atoms with Crippen molar-refractivity contribution in [1.82, 2.24) is 25.3 Å². The van der Waals surface area contributed by atoms with E-state index >= 15 is 0 Å². The Hall–Kier alpha value is -2.53. The number of hydrogen-bond acceptors (Lipinski definition) is 4. The maximum absolute atomic E-state index is 4.44. The van der Waals surface area contributed by atoms with Crippen LogP contribution in [0.2, 0.25) is 0 Å². The monoisotopic (exact) mass is 265 g/mol. The number of para-hydroxylation sites is 1. The SMILES string of the molecule is c1ccc(-n2ncc(CNCc3cccnc3)n2)cc1. The molecular weight excluding hydrogens is 250 g/mol. The fourth-order valence-corrected chi connectivity index (χ4v) is 1.90. The molecule has 0 amide bonds. The van der Waals surface area contributed by atoms with Gasteiger partial charge >= 0.3 is 0 Å². The molecule has 100 valence electrons. The van der Waals surface area contributed by atoms with Crippen LogP contribution in [0.4, 0.5) is 0 Å². The van der Waals surface area contributed by atoms with Crippen LogP contribution in [0, 0.1) is 0 Å². The van der Waals surface area contributed by atoms with Gasteiger partial charge in [-0.2, -0.15) is 15.0 Å². The van der Waals surface area contributed by atoms with E-state index < -0.39 is 0 Å². The summed E-state index contributed by atoms with van der Waals surface area (Å²) in [5.74, 6) is 0. The van der Waals surface area contributed by atoms with Crippen molar-refractivity contribution in [2.45, 2.75) is 13.1 Å². The lowest BCUT2D eigenvalue weighted by atomic mass is 10.3. The molecule has 0 fully saturated rings. The Bertz CT molecular complexity index is 648. The largest absolute Gasteiger partial charge is 0.307 e. The summed E-state index contributed by atoms with van der Waals surface area (Å²) in [7, 11) is 0. The van der Waals surface area contributed by atoms with Gasteiger partial charge in [-0.15, -0.1) is 0 Å². The second-order valence-corrected chi connectivity index (χ2v) is 4.43. The van der Waals surface area contributed by atoms with Gasteiger partial charge < -0.3 is 5.32 Å². The fraction of sp³-hybridized carbons (Fsp3) is 0.133. The molecule has 0 spiro atoms. The number of nitrogens with one attached hydrogen (secondary N) is 1. The molecule has 0 aliphatic heterocycles.